The maximum absolute atomic E-state index is 13.1. The van der Waals surface area contributed by atoms with Crippen molar-refractivity contribution in [3.05, 3.63) is 74.0 Å². The number of carbonyl (C=O) groups excluding carboxylic acids is 2. The van der Waals surface area contributed by atoms with Crippen molar-refractivity contribution in [1.82, 2.24) is 4.98 Å². The minimum Gasteiger partial charge on any atom is -0.456 e. The van der Waals surface area contributed by atoms with Crippen LogP contribution < -0.4 is 4.90 Å². The van der Waals surface area contributed by atoms with Gasteiger partial charge in [-0.05, 0) is 49.2 Å². The molecule has 0 spiro atoms. The molecule has 30 heavy (non-hydrogen) atoms. The standard InChI is InChI=1S/C21H17Cl2FN2O3S/c1-11-6-12(2)19(18(23)7-11)26(13(3)27)21-25-15(10-30-21)9-29-20(28)16-5-4-14(24)8-17(16)22/h4-8,10H,9H2,1-3H3. The Balaban J connectivity index is 1.80. The number of thiazole rings is 1. The van der Waals surface area contributed by atoms with Gasteiger partial charge in [-0.25, -0.2) is 14.2 Å². The van der Waals surface area contributed by atoms with Gasteiger partial charge in [-0.3, -0.25) is 9.69 Å². The number of rotatable bonds is 5. The van der Waals surface area contributed by atoms with Crippen LogP contribution in [0, 0.1) is 19.7 Å². The summed E-state index contributed by atoms with van der Waals surface area (Å²) < 4.78 is 18.4. The molecule has 0 saturated carbocycles. The van der Waals surface area contributed by atoms with E-state index >= 15 is 0 Å². The molecule has 0 unspecified atom stereocenters. The van der Waals surface area contributed by atoms with Crippen molar-refractivity contribution in [2.45, 2.75) is 27.4 Å². The van der Waals surface area contributed by atoms with Crippen LogP contribution in [0.25, 0.3) is 0 Å². The lowest BCUT2D eigenvalue weighted by atomic mass is 10.1. The smallest absolute Gasteiger partial charge is 0.340 e. The van der Waals surface area contributed by atoms with Gasteiger partial charge in [-0.2, -0.15) is 0 Å². The van der Waals surface area contributed by atoms with Crippen LogP contribution in [0.5, 0.6) is 0 Å². The van der Waals surface area contributed by atoms with Gasteiger partial charge in [0, 0.05) is 12.3 Å². The highest BCUT2D eigenvalue weighted by Crippen LogP contribution is 2.37. The number of ether oxygens (including phenoxy) is 1. The first-order chi connectivity index (χ1) is 14.2. The predicted molar refractivity (Wildman–Crippen MR) is 116 cm³/mol. The van der Waals surface area contributed by atoms with Crippen LogP contribution in [-0.4, -0.2) is 16.9 Å². The molecular weight excluding hydrogens is 450 g/mol. The summed E-state index contributed by atoms with van der Waals surface area (Å²) in [5.74, 6) is -1.50. The maximum atomic E-state index is 13.1. The largest absolute Gasteiger partial charge is 0.456 e. The van der Waals surface area contributed by atoms with Crippen LogP contribution in [0.15, 0.2) is 35.7 Å². The molecule has 0 radical (unpaired) electrons. The second-order valence-corrected chi connectivity index (χ2v) is 8.24. The number of anilines is 2. The van der Waals surface area contributed by atoms with Gasteiger partial charge in [0.2, 0.25) is 5.91 Å². The van der Waals surface area contributed by atoms with Crippen molar-refractivity contribution in [2.75, 3.05) is 4.90 Å². The van der Waals surface area contributed by atoms with Crippen LogP contribution in [0.1, 0.15) is 34.1 Å². The molecule has 156 valence electrons. The summed E-state index contributed by atoms with van der Waals surface area (Å²) in [5, 5.41) is 2.49. The van der Waals surface area contributed by atoms with E-state index < -0.39 is 11.8 Å². The Kier molecular flexibility index (Phi) is 6.75. The number of amides is 1. The van der Waals surface area contributed by atoms with Crippen molar-refractivity contribution >= 4 is 57.2 Å². The SMILES string of the molecule is CC(=O)N(c1nc(COC(=O)c2ccc(F)cc2Cl)cs1)c1c(C)cc(C)cc1Cl. The fourth-order valence-corrected chi connectivity index (χ4v) is 4.42. The number of halogens is 3. The monoisotopic (exact) mass is 466 g/mol. The van der Waals surface area contributed by atoms with Gasteiger partial charge in [0.25, 0.3) is 0 Å². The van der Waals surface area contributed by atoms with E-state index in [0.717, 1.165) is 23.3 Å². The summed E-state index contributed by atoms with van der Waals surface area (Å²) in [6, 6.07) is 7.13. The van der Waals surface area contributed by atoms with Crippen molar-refractivity contribution < 1.29 is 18.7 Å². The first-order valence-electron chi connectivity index (χ1n) is 8.81. The molecule has 0 fully saturated rings. The molecule has 0 atom stereocenters. The van der Waals surface area contributed by atoms with Crippen molar-refractivity contribution in [2.24, 2.45) is 0 Å². The average molecular weight is 467 g/mol. The molecule has 0 bridgehead atoms. The van der Waals surface area contributed by atoms with Crippen LogP contribution in [0.4, 0.5) is 15.2 Å². The lowest BCUT2D eigenvalue weighted by molar-refractivity contribution is -0.115. The van der Waals surface area contributed by atoms with Crippen molar-refractivity contribution in [3.8, 4) is 0 Å². The van der Waals surface area contributed by atoms with Crippen LogP contribution in [-0.2, 0) is 16.1 Å². The number of aryl methyl sites for hydroxylation is 2. The number of aromatic nitrogens is 1. The minimum atomic E-state index is -0.699. The van der Waals surface area contributed by atoms with Gasteiger partial charge in [-0.1, -0.05) is 29.3 Å². The average Bonchev–Trinajstić information content (AvgIpc) is 3.10. The molecule has 0 N–H and O–H groups in total. The molecule has 3 rings (SSSR count). The van der Waals surface area contributed by atoms with Crippen molar-refractivity contribution in [1.29, 1.82) is 0 Å². The molecule has 0 saturated heterocycles. The molecular formula is C21H17Cl2FN2O3S. The van der Waals surface area contributed by atoms with Gasteiger partial charge in [-0.15, -0.1) is 11.3 Å². The lowest BCUT2D eigenvalue weighted by Crippen LogP contribution is -2.24. The second-order valence-electron chi connectivity index (χ2n) is 6.59. The highest BCUT2D eigenvalue weighted by Gasteiger charge is 2.23. The number of benzene rings is 2. The highest BCUT2D eigenvalue weighted by atomic mass is 35.5. The Labute approximate surface area is 187 Å². The fourth-order valence-electron chi connectivity index (χ4n) is 2.92. The second kappa shape index (κ2) is 9.12. The first kappa shape index (κ1) is 22.2. The molecule has 9 heteroatoms. The number of nitrogens with zero attached hydrogens (tertiary/aromatic N) is 2. The Morgan fingerprint density at radius 1 is 1.17 bits per heavy atom. The molecule has 1 aromatic heterocycles. The molecule has 5 nitrogen and oxygen atoms in total. The third-order valence-corrected chi connectivity index (χ3v) is 5.65. The number of esters is 1. The lowest BCUT2D eigenvalue weighted by Gasteiger charge is -2.22. The van der Waals surface area contributed by atoms with Crippen LogP contribution in [0.2, 0.25) is 10.0 Å². The molecule has 0 aliphatic rings. The Bertz CT molecular complexity index is 1110. The molecule has 1 heterocycles. The van der Waals surface area contributed by atoms with E-state index in [9.17, 15) is 14.0 Å². The van der Waals surface area contributed by atoms with Gasteiger partial charge >= 0.3 is 5.97 Å². The highest BCUT2D eigenvalue weighted by molar-refractivity contribution is 7.14. The fraction of sp³-hybridized carbons (Fsp3) is 0.190. The molecule has 3 aromatic rings. The summed E-state index contributed by atoms with van der Waals surface area (Å²) in [6.07, 6.45) is 0. The normalized spacial score (nSPS) is 10.7. The van der Waals surface area contributed by atoms with Gasteiger partial charge in [0.15, 0.2) is 5.13 Å². The summed E-state index contributed by atoms with van der Waals surface area (Å²) in [5.41, 5.74) is 2.89. The quantitative estimate of drug-likeness (QED) is 0.417. The molecule has 0 aliphatic carbocycles. The van der Waals surface area contributed by atoms with E-state index in [4.69, 9.17) is 27.9 Å². The van der Waals surface area contributed by atoms with Gasteiger partial charge in [0.1, 0.15) is 12.4 Å². The van der Waals surface area contributed by atoms with E-state index in [1.807, 2.05) is 19.9 Å². The topological polar surface area (TPSA) is 59.5 Å². The van der Waals surface area contributed by atoms with E-state index in [-0.39, 0.29) is 23.1 Å². The first-order valence-corrected chi connectivity index (χ1v) is 10.4. The van der Waals surface area contributed by atoms with Crippen LogP contribution >= 0.6 is 34.5 Å². The number of hydrogen-bond acceptors (Lipinski definition) is 5. The maximum Gasteiger partial charge on any atom is 0.340 e. The van der Waals surface area contributed by atoms with Crippen LogP contribution in [0.3, 0.4) is 0 Å². The Hall–Kier alpha value is -2.48. The van der Waals surface area contributed by atoms with E-state index in [1.54, 1.807) is 11.4 Å². The number of hydrogen-bond donors (Lipinski definition) is 0. The summed E-state index contributed by atoms with van der Waals surface area (Å²) in [6.45, 7) is 5.08. The van der Waals surface area contributed by atoms with Gasteiger partial charge < -0.3 is 4.74 Å². The van der Waals surface area contributed by atoms with E-state index in [0.29, 0.717) is 21.5 Å². The Morgan fingerprint density at radius 3 is 2.53 bits per heavy atom. The third-order valence-electron chi connectivity index (χ3n) is 4.17. The minimum absolute atomic E-state index is 0.0359. The Morgan fingerprint density at radius 2 is 1.90 bits per heavy atom. The van der Waals surface area contributed by atoms with E-state index in [2.05, 4.69) is 4.98 Å². The molecule has 1 amide bonds. The number of carbonyl (C=O) groups is 2. The van der Waals surface area contributed by atoms with Crippen molar-refractivity contribution in [3.63, 3.8) is 0 Å². The summed E-state index contributed by atoms with van der Waals surface area (Å²) in [4.78, 5) is 30.4. The third kappa shape index (κ3) is 4.80. The zero-order chi connectivity index (χ0) is 22.0. The summed E-state index contributed by atoms with van der Waals surface area (Å²) in [7, 11) is 0. The van der Waals surface area contributed by atoms with Gasteiger partial charge in [0.05, 0.1) is 27.0 Å². The van der Waals surface area contributed by atoms with E-state index in [1.165, 1.54) is 29.2 Å². The summed E-state index contributed by atoms with van der Waals surface area (Å²) >= 11 is 13.5. The molecule has 0 aliphatic heterocycles. The zero-order valence-corrected chi connectivity index (χ0v) is 18.7. The molecule has 2 aromatic carbocycles. The predicted octanol–water partition coefficient (Wildman–Crippen LogP) is 6.25. The zero-order valence-electron chi connectivity index (χ0n) is 16.3.